The summed E-state index contributed by atoms with van der Waals surface area (Å²) in [6.07, 6.45) is 0. The molecule has 2 aliphatic carbocycles. The van der Waals surface area contributed by atoms with Gasteiger partial charge in [-0.2, -0.15) is 0 Å². The van der Waals surface area contributed by atoms with Gasteiger partial charge in [-0.25, -0.2) is 0 Å². The molecule has 0 aliphatic heterocycles. The van der Waals surface area contributed by atoms with E-state index < -0.39 is 0 Å². The Balaban J connectivity index is 1.19. The van der Waals surface area contributed by atoms with Crippen LogP contribution in [0.5, 0.6) is 0 Å². The van der Waals surface area contributed by atoms with Gasteiger partial charge in [-0.05, 0) is 97.6 Å². The Labute approximate surface area is 333 Å². The molecule has 0 amide bonds. The largest absolute Gasteiger partial charge is 0.308 e. The Kier molecular flexibility index (Phi) is 7.18. The first-order valence-electron chi connectivity index (χ1n) is 19.7. The van der Waals surface area contributed by atoms with Gasteiger partial charge in [-0.15, -0.1) is 11.3 Å². The van der Waals surface area contributed by atoms with Crippen LogP contribution in [0.4, 0.5) is 17.1 Å². The third-order valence-corrected chi connectivity index (χ3v) is 13.9. The van der Waals surface area contributed by atoms with Crippen LogP contribution in [-0.2, 0) is 10.8 Å². The molecule has 1 heterocycles. The Morgan fingerprint density at radius 3 is 1.61 bits per heavy atom. The van der Waals surface area contributed by atoms with Crippen molar-refractivity contribution in [3.8, 4) is 44.5 Å². The van der Waals surface area contributed by atoms with Crippen LogP contribution >= 0.6 is 11.3 Å². The molecule has 0 saturated carbocycles. The minimum Gasteiger partial charge on any atom is -0.308 e. The van der Waals surface area contributed by atoms with Crippen molar-refractivity contribution in [1.82, 2.24) is 0 Å². The monoisotopic (exact) mass is 735 g/mol. The lowest BCUT2D eigenvalue weighted by Gasteiger charge is -2.31. The first-order valence-corrected chi connectivity index (χ1v) is 20.5. The van der Waals surface area contributed by atoms with Crippen LogP contribution < -0.4 is 4.90 Å². The molecule has 9 aromatic rings. The molecule has 0 saturated heterocycles. The van der Waals surface area contributed by atoms with Crippen LogP contribution in [0, 0.1) is 0 Å². The minimum atomic E-state index is -0.127. The van der Waals surface area contributed by atoms with Crippen LogP contribution in [0.3, 0.4) is 0 Å². The first kappa shape index (κ1) is 33.1. The van der Waals surface area contributed by atoms with E-state index in [0.29, 0.717) is 0 Å². The van der Waals surface area contributed by atoms with Gasteiger partial charge in [0.05, 0.1) is 10.4 Å². The van der Waals surface area contributed by atoms with E-state index >= 15 is 0 Å². The molecule has 0 N–H and O–H groups in total. The molecule has 1 aromatic heterocycles. The Morgan fingerprint density at radius 1 is 0.375 bits per heavy atom. The van der Waals surface area contributed by atoms with Gasteiger partial charge >= 0.3 is 0 Å². The number of hydrogen-bond donors (Lipinski definition) is 0. The second kappa shape index (κ2) is 12.1. The van der Waals surface area contributed by atoms with Gasteiger partial charge in [0.15, 0.2) is 0 Å². The van der Waals surface area contributed by atoms with Crippen molar-refractivity contribution in [2.75, 3.05) is 4.90 Å². The summed E-state index contributed by atoms with van der Waals surface area (Å²) in [5, 5.41) is 2.59. The van der Waals surface area contributed by atoms with E-state index in [4.69, 9.17) is 0 Å². The average Bonchev–Trinajstić information content (AvgIpc) is 3.81. The van der Waals surface area contributed by atoms with Gasteiger partial charge in [-0.1, -0.05) is 167 Å². The van der Waals surface area contributed by atoms with Crippen LogP contribution in [0.2, 0.25) is 0 Å². The fraction of sp³-hybridized carbons (Fsp3) is 0.111. The van der Waals surface area contributed by atoms with Gasteiger partial charge in [0.2, 0.25) is 0 Å². The fourth-order valence-corrected chi connectivity index (χ4v) is 11.0. The summed E-state index contributed by atoms with van der Waals surface area (Å²) in [5.41, 5.74) is 19.1. The smallest absolute Gasteiger partial charge is 0.0718 e. The molecule has 0 atom stereocenters. The molecule has 0 bridgehead atoms. The molecule has 1 nitrogen and oxygen atoms in total. The van der Waals surface area contributed by atoms with E-state index in [1.54, 1.807) is 0 Å². The van der Waals surface area contributed by atoms with Crippen molar-refractivity contribution in [1.29, 1.82) is 0 Å². The van der Waals surface area contributed by atoms with E-state index in [0.717, 1.165) is 11.4 Å². The van der Waals surface area contributed by atoms with E-state index in [2.05, 4.69) is 209 Å². The van der Waals surface area contributed by atoms with Gasteiger partial charge in [0, 0.05) is 43.2 Å². The maximum Gasteiger partial charge on any atom is 0.0718 e. The molecule has 2 heteroatoms. The third-order valence-electron chi connectivity index (χ3n) is 12.7. The van der Waals surface area contributed by atoms with E-state index in [1.807, 2.05) is 11.3 Å². The van der Waals surface area contributed by atoms with Crippen LogP contribution in [0.1, 0.15) is 49.9 Å². The number of rotatable bonds is 5. The lowest BCUT2D eigenvalue weighted by Crippen LogP contribution is -2.17. The summed E-state index contributed by atoms with van der Waals surface area (Å²) in [7, 11) is 0. The standard InChI is InChI=1S/C54H41NS/c1-53(2)46-19-11-8-16-40(46)42-28-24-36(32-48(42)53)39-30-31-45-44-18-10-13-21-50(44)56-52(45)51(39)55(37-25-22-35(23-26-37)34-14-6-5-7-15-34)38-27-29-43-41-17-9-12-20-47(41)54(3,4)49(43)33-38/h5-33H,1-4H3. The second-order valence-corrected chi connectivity index (χ2v) is 17.6. The number of nitrogens with zero attached hydrogens (tertiary/aromatic N) is 1. The van der Waals surface area contributed by atoms with Crippen molar-refractivity contribution in [3.05, 3.63) is 198 Å². The summed E-state index contributed by atoms with van der Waals surface area (Å²) in [6, 6.07) is 65.8. The molecule has 2 aliphatic rings. The lowest BCUT2D eigenvalue weighted by molar-refractivity contribution is 0.660. The highest BCUT2D eigenvalue weighted by atomic mass is 32.1. The normalized spacial score (nSPS) is 14.4. The zero-order valence-corrected chi connectivity index (χ0v) is 32.9. The van der Waals surface area contributed by atoms with E-state index in [9.17, 15) is 0 Å². The average molecular weight is 736 g/mol. The van der Waals surface area contributed by atoms with Crippen molar-refractivity contribution < 1.29 is 0 Å². The van der Waals surface area contributed by atoms with Crippen LogP contribution in [0.25, 0.3) is 64.7 Å². The summed E-state index contributed by atoms with van der Waals surface area (Å²) in [5.74, 6) is 0. The molecule has 11 rings (SSSR count). The van der Waals surface area contributed by atoms with E-state index in [1.165, 1.54) is 92.6 Å². The number of anilines is 3. The van der Waals surface area contributed by atoms with Crippen molar-refractivity contribution >= 4 is 48.6 Å². The lowest BCUT2D eigenvalue weighted by atomic mass is 9.81. The number of hydrogen-bond acceptors (Lipinski definition) is 2. The molecule has 56 heavy (non-hydrogen) atoms. The van der Waals surface area contributed by atoms with Gasteiger partial charge in [0.1, 0.15) is 0 Å². The Morgan fingerprint density at radius 2 is 0.893 bits per heavy atom. The van der Waals surface area contributed by atoms with Crippen LogP contribution in [0.15, 0.2) is 176 Å². The zero-order valence-electron chi connectivity index (χ0n) is 32.1. The van der Waals surface area contributed by atoms with Crippen LogP contribution in [-0.4, -0.2) is 0 Å². The predicted octanol–water partition coefficient (Wildman–Crippen LogP) is 15.5. The molecule has 268 valence electrons. The van der Waals surface area contributed by atoms with Crippen molar-refractivity contribution in [2.45, 2.75) is 38.5 Å². The minimum absolute atomic E-state index is 0.0999. The van der Waals surface area contributed by atoms with Crippen molar-refractivity contribution in [3.63, 3.8) is 0 Å². The second-order valence-electron chi connectivity index (χ2n) is 16.5. The number of thiophene rings is 1. The van der Waals surface area contributed by atoms with Gasteiger partial charge in [0.25, 0.3) is 0 Å². The Bertz CT molecular complexity index is 3020. The predicted molar refractivity (Wildman–Crippen MR) is 240 cm³/mol. The topological polar surface area (TPSA) is 3.24 Å². The maximum absolute atomic E-state index is 2.55. The van der Waals surface area contributed by atoms with E-state index in [-0.39, 0.29) is 10.8 Å². The highest BCUT2D eigenvalue weighted by Gasteiger charge is 2.37. The molecular weight excluding hydrogens is 695 g/mol. The first-order chi connectivity index (χ1) is 27.3. The summed E-state index contributed by atoms with van der Waals surface area (Å²) < 4.78 is 2.60. The summed E-state index contributed by atoms with van der Waals surface area (Å²) in [6.45, 7) is 9.51. The molecule has 8 aromatic carbocycles. The zero-order chi connectivity index (χ0) is 37.8. The van der Waals surface area contributed by atoms with Gasteiger partial charge in [-0.3, -0.25) is 0 Å². The molecule has 0 spiro atoms. The maximum atomic E-state index is 2.55. The number of benzene rings is 8. The Hall–Kier alpha value is -6.22. The summed E-state index contributed by atoms with van der Waals surface area (Å²) in [4.78, 5) is 2.55. The van der Waals surface area contributed by atoms with Gasteiger partial charge < -0.3 is 4.90 Å². The summed E-state index contributed by atoms with van der Waals surface area (Å²) >= 11 is 1.90. The highest BCUT2D eigenvalue weighted by Crippen LogP contribution is 2.55. The quantitative estimate of drug-likeness (QED) is 0.170. The van der Waals surface area contributed by atoms with Crippen molar-refractivity contribution in [2.24, 2.45) is 0 Å². The third kappa shape index (κ3) is 4.79. The molecular formula is C54H41NS. The molecule has 0 radical (unpaired) electrons. The molecule has 0 unspecified atom stereocenters. The SMILES string of the molecule is CC1(C)c2ccccc2-c2ccc(-c3ccc4c(sc5ccccc54)c3N(c3ccc(-c4ccccc4)cc3)c3ccc4c(c3)C(C)(C)c3ccccc3-4)cc21. The number of fused-ring (bicyclic) bond motifs is 9. The molecule has 0 fully saturated rings. The highest BCUT2D eigenvalue weighted by molar-refractivity contribution is 7.26. The fourth-order valence-electron chi connectivity index (χ4n) is 9.77.